The third-order valence-corrected chi connectivity index (χ3v) is 4.69. The SMILES string of the molecule is NC(=O)C1CC[NH+](C[C@@H](O)COc2ccc(Cl)c(Cl)c2)CC1. The Balaban J connectivity index is 1.73. The normalized spacial score (nSPS) is 23.0. The van der Waals surface area contributed by atoms with Crippen molar-refractivity contribution in [2.75, 3.05) is 26.2 Å². The Morgan fingerprint density at radius 1 is 1.36 bits per heavy atom. The molecule has 0 radical (unpaired) electrons. The van der Waals surface area contributed by atoms with E-state index in [1.807, 2.05) is 0 Å². The number of hydrogen-bond acceptors (Lipinski definition) is 3. The van der Waals surface area contributed by atoms with Gasteiger partial charge in [-0.2, -0.15) is 0 Å². The maximum absolute atomic E-state index is 11.1. The molecule has 0 bridgehead atoms. The van der Waals surface area contributed by atoms with Gasteiger partial charge in [-0.1, -0.05) is 23.2 Å². The number of carbonyl (C=O) groups is 1. The summed E-state index contributed by atoms with van der Waals surface area (Å²) in [6.07, 6.45) is 0.991. The van der Waals surface area contributed by atoms with Crippen molar-refractivity contribution >= 4 is 29.1 Å². The minimum absolute atomic E-state index is 0.0200. The van der Waals surface area contributed by atoms with E-state index in [4.69, 9.17) is 33.7 Å². The van der Waals surface area contributed by atoms with Gasteiger partial charge in [0.15, 0.2) is 0 Å². The molecule has 1 amide bonds. The average molecular weight is 348 g/mol. The van der Waals surface area contributed by atoms with Crippen LogP contribution in [0.3, 0.4) is 0 Å². The molecule has 1 atom stereocenters. The van der Waals surface area contributed by atoms with Crippen molar-refractivity contribution in [1.82, 2.24) is 0 Å². The van der Waals surface area contributed by atoms with Crippen molar-refractivity contribution in [3.05, 3.63) is 28.2 Å². The number of piperidine rings is 1. The second-order valence-corrected chi connectivity index (χ2v) is 6.49. The van der Waals surface area contributed by atoms with E-state index < -0.39 is 6.10 Å². The molecular weight excluding hydrogens is 327 g/mol. The molecule has 0 saturated carbocycles. The molecule has 22 heavy (non-hydrogen) atoms. The monoisotopic (exact) mass is 347 g/mol. The summed E-state index contributed by atoms with van der Waals surface area (Å²) in [6, 6.07) is 5.00. The number of aliphatic hydroxyl groups is 1. The lowest BCUT2D eigenvalue weighted by atomic mass is 9.96. The zero-order valence-electron chi connectivity index (χ0n) is 12.2. The number of nitrogens with one attached hydrogen (secondary N) is 1. The van der Waals surface area contributed by atoms with Crippen LogP contribution >= 0.6 is 23.2 Å². The van der Waals surface area contributed by atoms with Crippen LogP contribution in [0.25, 0.3) is 0 Å². The molecule has 122 valence electrons. The number of nitrogens with two attached hydrogens (primary N) is 1. The summed E-state index contributed by atoms with van der Waals surface area (Å²) in [5, 5.41) is 11.0. The van der Waals surface area contributed by atoms with E-state index in [0.717, 1.165) is 25.9 Å². The fourth-order valence-corrected chi connectivity index (χ4v) is 2.95. The third kappa shape index (κ3) is 5.02. The molecule has 0 aliphatic carbocycles. The van der Waals surface area contributed by atoms with E-state index in [1.165, 1.54) is 4.90 Å². The van der Waals surface area contributed by atoms with Crippen molar-refractivity contribution in [1.29, 1.82) is 0 Å². The van der Waals surface area contributed by atoms with E-state index in [-0.39, 0.29) is 18.4 Å². The van der Waals surface area contributed by atoms with Crippen molar-refractivity contribution in [2.24, 2.45) is 11.7 Å². The van der Waals surface area contributed by atoms with Gasteiger partial charge in [-0.25, -0.2) is 0 Å². The van der Waals surface area contributed by atoms with Crippen LogP contribution in [0.15, 0.2) is 18.2 Å². The number of quaternary nitrogens is 1. The van der Waals surface area contributed by atoms with E-state index >= 15 is 0 Å². The van der Waals surface area contributed by atoms with Crippen molar-refractivity contribution in [3.63, 3.8) is 0 Å². The smallest absolute Gasteiger partial charge is 0.220 e. The Hall–Kier alpha value is -1.01. The molecule has 1 fully saturated rings. The summed E-state index contributed by atoms with van der Waals surface area (Å²) in [4.78, 5) is 12.4. The molecule has 1 aromatic carbocycles. The van der Waals surface area contributed by atoms with Crippen LogP contribution in [-0.2, 0) is 4.79 Å². The largest absolute Gasteiger partial charge is 0.491 e. The second-order valence-electron chi connectivity index (χ2n) is 5.67. The van der Waals surface area contributed by atoms with Crippen LogP contribution in [0.5, 0.6) is 5.75 Å². The molecule has 5 nitrogen and oxygen atoms in total. The van der Waals surface area contributed by atoms with E-state index in [2.05, 4.69) is 0 Å². The van der Waals surface area contributed by atoms with Crippen LogP contribution in [0.4, 0.5) is 0 Å². The number of aliphatic hydroxyl groups excluding tert-OH is 1. The minimum atomic E-state index is -0.574. The first-order valence-corrected chi connectivity index (χ1v) is 8.10. The standard InChI is InChI=1S/C15H20Cl2N2O3/c16-13-2-1-12(7-14(13)17)22-9-11(20)8-19-5-3-10(4-6-19)15(18)21/h1-2,7,10-11,20H,3-6,8-9H2,(H2,18,21)/p+1/t11-/m1/s1. The highest BCUT2D eigenvalue weighted by molar-refractivity contribution is 6.42. The summed E-state index contributed by atoms with van der Waals surface area (Å²) in [5.74, 6) is 0.340. The predicted octanol–water partition coefficient (Wildman–Crippen LogP) is 0.513. The summed E-state index contributed by atoms with van der Waals surface area (Å²) in [5.41, 5.74) is 5.31. The molecule has 0 spiro atoms. The van der Waals surface area contributed by atoms with Gasteiger partial charge in [0, 0.05) is 24.8 Å². The van der Waals surface area contributed by atoms with Crippen molar-refractivity contribution in [2.45, 2.75) is 18.9 Å². The van der Waals surface area contributed by atoms with Crippen molar-refractivity contribution in [3.8, 4) is 5.75 Å². The Morgan fingerprint density at radius 3 is 2.64 bits per heavy atom. The zero-order chi connectivity index (χ0) is 16.1. The Morgan fingerprint density at radius 2 is 2.05 bits per heavy atom. The average Bonchev–Trinajstić information content (AvgIpc) is 2.49. The lowest BCUT2D eigenvalue weighted by molar-refractivity contribution is -0.908. The molecule has 2 rings (SSSR count). The molecule has 1 aromatic rings. The van der Waals surface area contributed by atoms with E-state index in [0.29, 0.717) is 22.3 Å². The molecular formula is C15H21Cl2N2O3+. The van der Waals surface area contributed by atoms with Gasteiger partial charge >= 0.3 is 0 Å². The number of carbonyl (C=O) groups excluding carboxylic acids is 1. The number of halogens is 2. The van der Waals surface area contributed by atoms with Gasteiger partial charge in [-0.15, -0.1) is 0 Å². The molecule has 1 aliphatic rings. The summed E-state index contributed by atoms with van der Waals surface area (Å²) >= 11 is 11.7. The van der Waals surface area contributed by atoms with E-state index in [1.54, 1.807) is 18.2 Å². The molecule has 0 unspecified atom stereocenters. The lowest BCUT2D eigenvalue weighted by Crippen LogP contribution is -3.14. The first kappa shape index (κ1) is 17.3. The molecule has 0 aromatic heterocycles. The van der Waals surface area contributed by atoms with Crippen LogP contribution < -0.4 is 15.4 Å². The van der Waals surface area contributed by atoms with E-state index in [9.17, 15) is 9.90 Å². The predicted molar refractivity (Wildman–Crippen MR) is 85.4 cm³/mol. The van der Waals surface area contributed by atoms with Crippen LogP contribution in [0, 0.1) is 5.92 Å². The molecule has 1 heterocycles. The van der Waals surface area contributed by atoms with Crippen LogP contribution in [-0.4, -0.2) is 43.4 Å². The minimum Gasteiger partial charge on any atom is -0.491 e. The topological polar surface area (TPSA) is 77.0 Å². The highest BCUT2D eigenvalue weighted by Crippen LogP contribution is 2.26. The molecule has 4 N–H and O–H groups in total. The number of rotatable bonds is 6. The van der Waals surface area contributed by atoms with Crippen LogP contribution in [0.2, 0.25) is 10.0 Å². The number of likely N-dealkylation sites (tertiary alicyclic amines) is 1. The fourth-order valence-electron chi connectivity index (χ4n) is 2.67. The fraction of sp³-hybridized carbons (Fsp3) is 0.533. The Bertz CT molecular complexity index is 520. The first-order chi connectivity index (χ1) is 10.5. The third-order valence-electron chi connectivity index (χ3n) is 3.95. The molecule has 1 aliphatic heterocycles. The number of amides is 1. The molecule has 1 saturated heterocycles. The van der Waals surface area contributed by atoms with Gasteiger partial charge in [-0.05, 0) is 12.1 Å². The van der Waals surface area contributed by atoms with Gasteiger partial charge in [-0.3, -0.25) is 4.79 Å². The highest BCUT2D eigenvalue weighted by Gasteiger charge is 2.27. The van der Waals surface area contributed by atoms with Gasteiger partial charge in [0.1, 0.15) is 25.0 Å². The summed E-state index contributed by atoms with van der Waals surface area (Å²) in [7, 11) is 0. The quantitative estimate of drug-likeness (QED) is 0.701. The molecule has 7 heteroatoms. The lowest BCUT2D eigenvalue weighted by Gasteiger charge is -2.29. The maximum atomic E-state index is 11.1. The number of primary amides is 1. The zero-order valence-corrected chi connectivity index (χ0v) is 13.7. The second kappa shape index (κ2) is 8.02. The number of benzene rings is 1. The number of ether oxygens (including phenoxy) is 1. The van der Waals surface area contributed by atoms with Gasteiger partial charge in [0.25, 0.3) is 0 Å². The summed E-state index contributed by atoms with van der Waals surface area (Å²) in [6.45, 7) is 2.47. The van der Waals surface area contributed by atoms with Gasteiger partial charge in [0.05, 0.1) is 23.1 Å². The Kier molecular flexibility index (Phi) is 6.32. The van der Waals surface area contributed by atoms with Crippen molar-refractivity contribution < 1.29 is 19.5 Å². The van der Waals surface area contributed by atoms with Gasteiger partial charge < -0.3 is 20.5 Å². The summed E-state index contributed by atoms with van der Waals surface area (Å²) < 4.78 is 5.52. The first-order valence-electron chi connectivity index (χ1n) is 7.34. The highest BCUT2D eigenvalue weighted by atomic mass is 35.5. The Labute approximate surface area is 139 Å². The number of hydrogen-bond donors (Lipinski definition) is 3. The maximum Gasteiger partial charge on any atom is 0.220 e. The van der Waals surface area contributed by atoms with Gasteiger partial charge in [0.2, 0.25) is 5.91 Å². The van der Waals surface area contributed by atoms with Crippen LogP contribution in [0.1, 0.15) is 12.8 Å².